The van der Waals surface area contributed by atoms with Gasteiger partial charge in [-0.25, -0.2) is 9.59 Å². The van der Waals surface area contributed by atoms with Gasteiger partial charge in [-0.1, -0.05) is 0 Å². The van der Waals surface area contributed by atoms with Gasteiger partial charge in [0, 0.05) is 12.6 Å². The molecule has 1 aromatic heterocycles. The topological polar surface area (TPSA) is 122 Å². The van der Waals surface area contributed by atoms with E-state index in [1.807, 2.05) is 0 Å². The number of rotatable bonds is 2. The van der Waals surface area contributed by atoms with Crippen LogP contribution < -0.4 is 11.2 Å². The lowest BCUT2D eigenvalue weighted by Crippen LogP contribution is -2.34. The maximum atomic E-state index is 11.6. The van der Waals surface area contributed by atoms with Crippen molar-refractivity contribution in [1.29, 1.82) is 0 Å². The number of aliphatic hydroxyl groups is 1. The Morgan fingerprint density at radius 1 is 1.56 bits per heavy atom. The second kappa shape index (κ2) is 4.82. The summed E-state index contributed by atoms with van der Waals surface area (Å²) >= 11 is 1.74. The highest BCUT2D eigenvalue weighted by Crippen LogP contribution is 2.27. The molecule has 98 valence electrons. The molecule has 3 atom stereocenters. The van der Waals surface area contributed by atoms with Crippen molar-refractivity contribution in [2.75, 3.05) is 0 Å². The summed E-state index contributed by atoms with van der Waals surface area (Å²) < 4.78 is 6.42. The highest BCUT2D eigenvalue weighted by Gasteiger charge is 2.40. The van der Waals surface area contributed by atoms with Gasteiger partial charge in [-0.05, 0) is 22.6 Å². The third-order valence-corrected chi connectivity index (χ3v) is 3.34. The smallest absolute Gasteiger partial charge is 0.335 e. The molecule has 1 fully saturated rings. The van der Waals surface area contributed by atoms with E-state index >= 15 is 0 Å². The molecule has 8 nitrogen and oxygen atoms in total. The van der Waals surface area contributed by atoms with Gasteiger partial charge in [-0.3, -0.25) is 14.3 Å². The van der Waals surface area contributed by atoms with Crippen molar-refractivity contribution in [2.24, 2.45) is 0 Å². The second-order valence-electron chi connectivity index (χ2n) is 3.80. The molecule has 0 aliphatic carbocycles. The molecule has 2 heterocycles. The fraction of sp³-hybridized carbons (Fsp3) is 0.444. The van der Waals surface area contributed by atoms with Crippen molar-refractivity contribution >= 4 is 28.6 Å². The summed E-state index contributed by atoms with van der Waals surface area (Å²) in [6.07, 6.45) is -2.23. The normalized spacial score (nSPS) is 27.3. The minimum Gasteiger partial charge on any atom is -0.479 e. The first kappa shape index (κ1) is 13.2. The van der Waals surface area contributed by atoms with Crippen molar-refractivity contribution < 1.29 is 19.7 Å². The number of carboxylic acids is 1. The molecule has 18 heavy (non-hydrogen) atoms. The lowest BCUT2D eigenvalue weighted by Gasteiger charge is -2.13. The van der Waals surface area contributed by atoms with Gasteiger partial charge in [0.25, 0.3) is 5.56 Å². The molecule has 0 aromatic carbocycles. The Hall–Kier alpha value is -1.20. The number of carboxylic acid groups (broad SMARTS) is 1. The quantitative estimate of drug-likeness (QED) is 0.569. The average molecular weight is 368 g/mol. The van der Waals surface area contributed by atoms with E-state index in [4.69, 9.17) is 9.84 Å². The van der Waals surface area contributed by atoms with E-state index in [0.717, 1.165) is 4.57 Å². The summed E-state index contributed by atoms with van der Waals surface area (Å²) in [5.74, 6) is -1.29. The molecule has 3 unspecified atom stereocenters. The second-order valence-corrected chi connectivity index (χ2v) is 4.96. The molecule has 1 aliphatic rings. The summed E-state index contributed by atoms with van der Waals surface area (Å²) in [5, 5.41) is 18.3. The van der Waals surface area contributed by atoms with Crippen LogP contribution in [0.5, 0.6) is 0 Å². The Balaban J connectivity index is 2.35. The van der Waals surface area contributed by atoms with Crippen LogP contribution in [0.1, 0.15) is 12.6 Å². The third kappa shape index (κ3) is 2.33. The molecule has 3 N–H and O–H groups in total. The summed E-state index contributed by atoms with van der Waals surface area (Å²) in [5.41, 5.74) is -1.23. The molecule has 0 spiro atoms. The predicted molar refractivity (Wildman–Crippen MR) is 66.2 cm³/mol. The van der Waals surface area contributed by atoms with Crippen molar-refractivity contribution in [3.05, 3.63) is 30.6 Å². The maximum Gasteiger partial charge on any atom is 0.335 e. The molecule has 2 rings (SSSR count). The zero-order valence-electron chi connectivity index (χ0n) is 8.87. The fourth-order valence-electron chi connectivity index (χ4n) is 1.72. The van der Waals surface area contributed by atoms with Crippen LogP contribution in [0.3, 0.4) is 0 Å². The van der Waals surface area contributed by atoms with Gasteiger partial charge in [-0.2, -0.15) is 0 Å². The van der Waals surface area contributed by atoms with E-state index in [-0.39, 0.29) is 9.99 Å². The van der Waals surface area contributed by atoms with Crippen LogP contribution in [-0.4, -0.2) is 37.9 Å². The number of aliphatic hydroxyl groups excluding tert-OH is 1. The number of hydrogen-bond donors (Lipinski definition) is 3. The number of H-pyrrole nitrogens is 1. The lowest BCUT2D eigenvalue weighted by molar-refractivity contribution is -0.155. The zero-order chi connectivity index (χ0) is 13.4. The third-order valence-electron chi connectivity index (χ3n) is 2.57. The molecule has 0 bridgehead atoms. The summed E-state index contributed by atoms with van der Waals surface area (Å²) in [4.78, 5) is 35.6. The number of hydrogen-bond acceptors (Lipinski definition) is 5. The Labute approximate surface area is 113 Å². The lowest BCUT2D eigenvalue weighted by atomic mass is 10.2. The Morgan fingerprint density at radius 3 is 2.78 bits per heavy atom. The van der Waals surface area contributed by atoms with Crippen LogP contribution in [0.25, 0.3) is 0 Å². The molecule has 1 saturated heterocycles. The van der Waals surface area contributed by atoms with Crippen LogP contribution in [-0.2, 0) is 9.53 Å². The van der Waals surface area contributed by atoms with Crippen molar-refractivity contribution in [3.8, 4) is 0 Å². The molecule has 1 aliphatic heterocycles. The SMILES string of the molecule is O=C(O)C1OC(n2cc(I)c(=O)[nH]c2=O)CC1O. The number of aliphatic carboxylic acids is 1. The van der Waals surface area contributed by atoms with Crippen LogP contribution in [0.15, 0.2) is 15.8 Å². The average Bonchev–Trinajstić information content (AvgIpc) is 2.65. The van der Waals surface area contributed by atoms with E-state index in [1.165, 1.54) is 6.20 Å². The van der Waals surface area contributed by atoms with Gasteiger partial charge < -0.3 is 14.9 Å². The summed E-state index contributed by atoms with van der Waals surface area (Å²) in [7, 11) is 0. The number of ether oxygens (including phenoxy) is 1. The van der Waals surface area contributed by atoms with E-state index in [1.54, 1.807) is 22.6 Å². The van der Waals surface area contributed by atoms with Crippen LogP contribution >= 0.6 is 22.6 Å². The molecule has 0 radical (unpaired) electrons. The minimum atomic E-state index is -1.37. The van der Waals surface area contributed by atoms with Crippen molar-refractivity contribution in [1.82, 2.24) is 9.55 Å². The van der Waals surface area contributed by atoms with Crippen molar-refractivity contribution in [2.45, 2.75) is 24.9 Å². The van der Waals surface area contributed by atoms with Crippen molar-refractivity contribution in [3.63, 3.8) is 0 Å². The van der Waals surface area contributed by atoms with Gasteiger partial charge >= 0.3 is 11.7 Å². The number of aromatic nitrogens is 2. The van der Waals surface area contributed by atoms with Crippen LogP contribution in [0.2, 0.25) is 0 Å². The highest BCUT2D eigenvalue weighted by molar-refractivity contribution is 14.1. The Kier molecular flexibility index (Phi) is 3.54. The molecular weight excluding hydrogens is 359 g/mol. The van der Waals surface area contributed by atoms with E-state index < -0.39 is 35.7 Å². The zero-order valence-corrected chi connectivity index (χ0v) is 11.0. The number of nitrogens with one attached hydrogen (secondary N) is 1. The first-order valence-electron chi connectivity index (χ1n) is 4.97. The molecular formula is C9H9IN2O6. The summed E-state index contributed by atoms with van der Waals surface area (Å²) in [6, 6.07) is 0. The van der Waals surface area contributed by atoms with E-state index in [0.29, 0.717) is 0 Å². The molecule has 0 amide bonds. The Morgan fingerprint density at radius 2 is 2.22 bits per heavy atom. The minimum absolute atomic E-state index is 0.0288. The van der Waals surface area contributed by atoms with E-state index in [2.05, 4.69) is 4.98 Å². The number of halogens is 1. The predicted octanol–water partition coefficient (Wildman–Crippen LogP) is -1.13. The first-order chi connectivity index (χ1) is 8.40. The van der Waals surface area contributed by atoms with Gasteiger partial charge in [0.15, 0.2) is 6.10 Å². The first-order valence-corrected chi connectivity index (χ1v) is 6.05. The van der Waals surface area contributed by atoms with Gasteiger partial charge in [0.2, 0.25) is 0 Å². The molecule has 0 saturated carbocycles. The van der Waals surface area contributed by atoms with E-state index in [9.17, 15) is 19.5 Å². The van der Waals surface area contributed by atoms with Crippen LogP contribution in [0, 0.1) is 3.57 Å². The maximum absolute atomic E-state index is 11.6. The van der Waals surface area contributed by atoms with Gasteiger partial charge in [-0.15, -0.1) is 0 Å². The highest BCUT2D eigenvalue weighted by atomic mass is 127. The monoisotopic (exact) mass is 368 g/mol. The fourth-order valence-corrected chi connectivity index (χ4v) is 2.16. The van der Waals surface area contributed by atoms with Gasteiger partial charge in [0.1, 0.15) is 6.23 Å². The largest absolute Gasteiger partial charge is 0.479 e. The molecule has 9 heteroatoms. The van der Waals surface area contributed by atoms with Crippen LogP contribution in [0.4, 0.5) is 0 Å². The Bertz CT molecular complexity index is 593. The number of carbonyl (C=O) groups is 1. The number of aromatic amines is 1. The summed E-state index contributed by atoms with van der Waals surface area (Å²) in [6.45, 7) is 0. The standard InChI is InChI=1S/C9H9IN2O6/c10-3-2-12(9(17)11-7(3)14)5-1-4(13)6(18-5)8(15)16/h2,4-6,13H,1H2,(H,15,16)(H,11,14,17). The molecule has 1 aromatic rings. The number of nitrogens with zero attached hydrogens (tertiary/aromatic N) is 1. The van der Waals surface area contributed by atoms with Gasteiger partial charge in [0.05, 0.1) is 9.67 Å².